The second-order valence-corrected chi connectivity index (χ2v) is 9.11. The average Bonchev–Trinajstić information content (AvgIpc) is 3.54. The minimum Gasteiger partial charge on any atom is -0.294 e. The number of nitrogens with one attached hydrogen (secondary N) is 1. The molecule has 2 heterocycles. The lowest BCUT2D eigenvalue weighted by Crippen LogP contribution is -2.26. The fourth-order valence-corrected chi connectivity index (χ4v) is 4.75. The van der Waals surface area contributed by atoms with Crippen molar-refractivity contribution in [2.24, 2.45) is 0 Å². The van der Waals surface area contributed by atoms with Gasteiger partial charge in [0.2, 0.25) is 5.82 Å². The highest BCUT2D eigenvalue weighted by Crippen LogP contribution is 2.30. The molecule has 1 N–H and O–H groups in total. The molecule has 2 aromatic heterocycles. The predicted molar refractivity (Wildman–Crippen MR) is 143 cm³/mol. The number of tetrazole rings is 1. The van der Waals surface area contributed by atoms with Crippen molar-refractivity contribution in [3.63, 3.8) is 0 Å². The smallest absolute Gasteiger partial charge is 0.294 e. The first-order chi connectivity index (χ1) is 18.0. The van der Waals surface area contributed by atoms with E-state index in [9.17, 15) is 9.59 Å². The summed E-state index contributed by atoms with van der Waals surface area (Å²) in [5.74, 6) is 0.477. The summed E-state index contributed by atoms with van der Waals surface area (Å²) in [6.07, 6.45) is 3.55. The molecule has 8 nitrogen and oxygen atoms in total. The Kier molecular flexibility index (Phi) is 6.64. The van der Waals surface area contributed by atoms with Crippen LogP contribution in [-0.2, 0) is 13.0 Å². The summed E-state index contributed by atoms with van der Waals surface area (Å²) >= 11 is 0. The van der Waals surface area contributed by atoms with Gasteiger partial charge in [-0.25, -0.2) is 4.79 Å². The number of nitrogens with zero attached hydrogens (tertiary/aromatic N) is 5. The number of ketones is 1. The van der Waals surface area contributed by atoms with E-state index in [0.29, 0.717) is 23.6 Å². The Bertz CT molecular complexity index is 1610. The van der Waals surface area contributed by atoms with Gasteiger partial charge in [0.1, 0.15) is 0 Å². The summed E-state index contributed by atoms with van der Waals surface area (Å²) in [7, 11) is 0. The van der Waals surface area contributed by atoms with Crippen LogP contribution in [0.4, 0.5) is 0 Å². The Balaban J connectivity index is 1.51. The molecule has 0 bridgehead atoms. The standard InChI is InChI=1S/C29H28N6O2/c1-4-8-23-18-35(27-19(2)9-7-12-24(27)20(3)36)29(37)34(23)17-21-13-15-22(16-14-21)25-10-5-6-11-26(25)28-30-32-33-31-28/h5-7,9-16,18H,4,8,17H2,1-3H3,(H,30,31,32,33). The van der Waals surface area contributed by atoms with Crippen LogP contribution in [0.5, 0.6) is 0 Å². The molecular weight excluding hydrogens is 464 g/mol. The van der Waals surface area contributed by atoms with E-state index in [1.54, 1.807) is 10.6 Å². The van der Waals surface area contributed by atoms with Gasteiger partial charge in [0.15, 0.2) is 5.78 Å². The van der Waals surface area contributed by atoms with E-state index in [1.165, 1.54) is 6.92 Å². The predicted octanol–water partition coefficient (Wildman–Crippen LogP) is 5.00. The molecule has 37 heavy (non-hydrogen) atoms. The van der Waals surface area contributed by atoms with Gasteiger partial charge in [-0.15, -0.1) is 10.2 Å². The number of imidazole rings is 1. The molecule has 0 unspecified atom stereocenters. The lowest BCUT2D eigenvalue weighted by Gasteiger charge is -2.11. The molecule has 0 amide bonds. The average molecular weight is 493 g/mol. The van der Waals surface area contributed by atoms with Crippen LogP contribution in [0.2, 0.25) is 0 Å². The number of aromatic amines is 1. The molecule has 5 aromatic rings. The van der Waals surface area contributed by atoms with Crippen molar-refractivity contribution >= 4 is 5.78 Å². The number of aryl methyl sites for hydroxylation is 2. The van der Waals surface area contributed by atoms with Crippen molar-refractivity contribution in [2.75, 3.05) is 0 Å². The van der Waals surface area contributed by atoms with Crippen LogP contribution in [0.25, 0.3) is 28.2 Å². The number of Topliss-reactive ketones (excluding diaryl/α,β-unsaturated/α-hetero) is 1. The molecule has 5 rings (SSSR count). The first-order valence-electron chi connectivity index (χ1n) is 12.3. The number of carbonyl (C=O) groups is 1. The minimum absolute atomic E-state index is 0.0629. The molecule has 8 heteroatoms. The quantitative estimate of drug-likeness (QED) is 0.308. The maximum Gasteiger partial charge on any atom is 0.333 e. The Morgan fingerprint density at radius 3 is 2.41 bits per heavy atom. The van der Waals surface area contributed by atoms with Crippen molar-refractivity contribution in [2.45, 2.75) is 40.2 Å². The van der Waals surface area contributed by atoms with Crippen LogP contribution in [0.15, 0.2) is 77.7 Å². The molecule has 0 fully saturated rings. The van der Waals surface area contributed by atoms with Gasteiger partial charge in [-0.3, -0.25) is 13.9 Å². The second kappa shape index (κ2) is 10.2. The van der Waals surface area contributed by atoms with Gasteiger partial charge in [0.05, 0.1) is 12.2 Å². The van der Waals surface area contributed by atoms with Crippen molar-refractivity contribution in [1.29, 1.82) is 0 Å². The van der Waals surface area contributed by atoms with Crippen molar-refractivity contribution in [1.82, 2.24) is 29.8 Å². The number of hydrogen-bond acceptors (Lipinski definition) is 5. The first kappa shape index (κ1) is 24.1. The number of aromatic nitrogens is 6. The monoisotopic (exact) mass is 492 g/mol. The maximum absolute atomic E-state index is 13.7. The lowest BCUT2D eigenvalue weighted by atomic mass is 9.98. The zero-order chi connectivity index (χ0) is 25.9. The van der Waals surface area contributed by atoms with Crippen LogP contribution in [-0.4, -0.2) is 35.5 Å². The van der Waals surface area contributed by atoms with Gasteiger partial charge in [-0.05, 0) is 53.8 Å². The Hall–Kier alpha value is -4.59. The van der Waals surface area contributed by atoms with Crippen molar-refractivity contribution < 1.29 is 4.79 Å². The molecule has 0 spiro atoms. The van der Waals surface area contributed by atoms with Gasteiger partial charge in [-0.1, -0.05) is 74.0 Å². The number of para-hydroxylation sites is 1. The fourth-order valence-electron chi connectivity index (χ4n) is 4.75. The molecule has 0 saturated heterocycles. The van der Waals surface area contributed by atoms with E-state index in [4.69, 9.17) is 0 Å². The summed E-state index contributed by atoms with van der Waals surface area (Å²) in [6.45, 7) is 5.99. The van der Waals surface area contributed by atoms with Crippen molar-refractivity contribution in [3.8, 4) is 28.2 Å². The SMILES string of the molecule is CCCc1cn(-c2c(C)cccc2C(C)=O)c(=O)n1Cc1ccc(-c2ccccc2-c2nn[nH]n2)cc1. The molecule has 0 aliphatic carbocycles. The van der Waals surface area contributed by atoms with E-state index in [2.05, 4.69) is 27.5 Å². The molecule has 0 aliphatic rings. The molecule has 186 valence electrons. The molecular formula is C29H28N6O2. The van der Waals surface area contributed by atoms with Gasteiger partial charge in [0, 0.05) is 23.0 Å². The normalized spacial score (nSPS) is 11.1. The minimum atomic E-state index is -0.147. The highest BCUT2D eigenvalue weighted by Gasteiger charge is 2.18. The van der Waals surface area contributed by atoms with Crippen LogP contribution in [0.1, 0.15) is 47.4 Å². The first-order valence-corrected chi connectivity index (χ1v) is 12.3. The molecule has 0 atom stereocenters. The second-order valence-electron chi connectivity index (χ2n) is 9.11. The number of rotatable bonds is 8. The highest BCUT2D eigenvalue weighted by molar-refractivity contribution is 5.98. The lowest BCUT2D eigenvalue weighted by molar-refractivity contribution is 0.101. The van der Waals surface area contributed by atoms with Crippen LogP contribution >= 0.6 is 0 Å². The topological polar surface area (TPSA) is 98.5 Å². The Morgan fingerprint density at radius 2 is 1.73 bits per heavy atom. The summed E-state index contributed by atoms with van der Waals surface area (Å²) in [5, 5.41) is 14.4. The summed E-state index contributed by atoms with van der Waals surface area (Å²) in [4.78, 5) is 26.0. The third-order valence-electron chi connectivity index (χ3n) is 6.54. The van der Waals surface area contributed by atoms with E-state index in [-0.39, 0.29) is 11.5 Å². The van der Waals surface area contributed by atoms with E-state index < -0.39 is 0 Å². The number of carbonyl (C=O) groups excluding carboxylic acids is 1. The Labute approximate surface area is 214 Å². The van der Waals surface area contributed by atoms with Gasteiger partial charge in [-0.2, -0.15) is 5.21 Å². The maximum atomic E-state index is 13.7. The van der Waals surface area contributed by atoms with Crippen LogP contribution < -0.4 is 5.69 Å². The van der Waals surface area contributed by atoms with Crippen molar-refractivity contribution in [3.05, 3.63) is 106 Å². The number of benzene rings is 3. The molecule has 0 radical (unpaired) electrons. The molecule has 3 aromatic carbocycles. The van der Waals surface area contributed by atoms with Gasteiger partial charge < -0.3 is 0 Å². The van der Waals surface area contributed by atoms with Gasteiger partial charge in [0.25, 0.3) is 0 Å². The third kappa shape index (κ3) is 4.65. The van der Waals surface area contributed by atoms with Gasteiger partial charge >= 0.3 is 5.69 Å². The Morgan fingerprint density at radius 1 is 0.973 bits per heavy atom. The zero-order valence-corrected chi connectivity index (χ0v) is 21.1. The van der Waals surface area contributed by atoms with E-state index >= 15 is 0 Å². The van der Waals surface area contributed by atoms with Crippen LogP contribution in [0, 0.1) is 6.92 Å². The molecule has 0 saturated carbocycles. The fraction of sp³-hybridized carbons (Fsp3) is 0.207. The molecule has 0 aliphatic heterocycles. The van der Waals surface area contributed by atoms with E-state index in [1.807, 2.05) is 78.4 Å². The number of hydrogen-bond donors (Lipinski definition) is 1. The zero-order valence-electron chi connectivity index (χ0n) is 21.1. The number of H-pyrrole nitrogens is 1. The van der Waals surface area contributed by atoms with E-state index in [0.717, 1.165) is 46.4 Å². The largest absolute Gasteiger partial charge is 0.333 e. The third-order valence-corrected chi connectivity index (χ3v) is 6.54. The summed E-state index contributed by atoms with van der Waals surface area (Å²) < 4.78 is 3.44. The summed E-state index contributed by atoms with van der Waals surface area (Å²) in [5.41, 5.74) is 6.81. The summed E-state index contributed by atoms with van der Waals surface area (Å²) in [6, 6.07) is 21.6. The van der Waals surface area contributed by atoms with Crippen LogP contribution in [0.3, 0.4) is 0 Å². The highest BCUT2D eigenvalue weighted by atomic mass is 16.2.